The first-order valence-corrected chi connectivity index (χ1v) is 5.21. The van der Waals surface area contributed by atoms with Gasteiger partial charge in [-0.1, -0.05) is 13.8 Å². The largest absolute Gasteiger partial charge is 0.478 e. The van der Waals surface area contributed by atoms with Gasteiger partial charge in [-0.05, 0) is 25.6 Å². The highest BCUT2D eigenvalue weighted by Crippen LogP contribution is 2.13. The van der Waals surface area contributed by atoms with Crippen molar-refractivity contribution in [3.63, 3.8) is 0 Å². The smallest absolute Gasteiger partial charge is 0.339 e. The summed E-state index contributed by atoms with van der Waals surface area (Å²) in [6.45, 7) is 6.57. The van der Waals surface area contributed by atoms with Gasteiger partial charge >= 0.3 is 5.97 Å². The maximum Gasteiger partial charge on any atom is 0.339 e. The third-order valence-electron chi connectivity index (χ3n) is 2.33. The van der Waals surface area contributed by atoms with Gasteiger partial charge in [0.1, 0.15) is 11.3 Å². The van der Waals surface area contributed by atoms with E-state index in [0.29, 0.717) is 12.3 Å². The van der Waals surface area contributed by atoms with Gasteiger partial charge in [0.15, 0.2) is 0 Å². The first-order valence-electron chi connectivity index (χ1n) is 5.21. The molecule has 0 aliphatic rings. The van der Waals surface area contributed by atoms with Gasteiger partial charge in [0.2, 0.25) is 0 Å². The maximum atomic E-state index is 10.8. The van der Waals surface area contributed by atoms with Crippen molar-refractivity contribution in [2.24, 2.45) is 0 Å². The van der Waals surface area contributed by atoms with E-state index in [2.05, 4.69) is 18.7 Å². The number of carboxylic acids is 1. The van der Waals surface area contributed by atoms with Crippen LogP contribution in [-0.2, 0) is 6.54 Å². The predicted molar refractivity (Wildman–Crippen MR) is 56.9 cm³/mol. The zero-order valence-corrected chi connectivity index (χ0v) is 9.19. The topological polar surface area (TPSA) is 53.7 Å². The van der Waals surface area contributed by atoms with Crippen LogP contribution in [0.25, 0.3) is 0 Å². The number of hydrogen-bond acceptors (Lipinski definition) is 3. The fourth-order valence-corrected chi connectivity index (χ4v) is 1.52. The van der Waals surface area contributed by atoms with Crippen molar-refractivity contribution in [1.82, 2.24) is 4.90 Å². The summed E-state index contributed by atoms with van der Waals surface area (Å²) < 4.78 is 5.18. The Balaban J connectivity index is 2.70. The molecule has 0 spiro atoms. The number of aromatic carboxylic acids is 1. The lowest BCUT2D eigenvalue weighted by atomic mass is 10.2. The Morgan fingerprint density at radius 1 is 1.53 bits per heavy atom. The lowest BCUT2D eigenvalue weighted by molar-refractivity contribution is 0.0692. The average Bonchev–Trinajstić information content (AvgIpc) is 2.65. The van der Waals surface area contributed by atoms with Crippen LogP contribution in [0.3, 0.4) is 0 Å². The Morgan fingerprint density at radius 2 is 2.27 bits per heavy atom. The molecule has 1 rings (SSSR count). The summed E-state index contributed by atoms with van der Waals surface area (Å²) >= 11 is 0. The molecule has 0 saturated heterocycles. The highest BCUT2D eigenvalue weighted by molar-refractivity contribution is 5.88. The van der Waals surface area contributed by atoms with E-state index in [4.69, 9.17) is 9.52 Å². The fourth-order valence-electron chi connectivity index (χ4n) is 1.52. The number of hydrogen-bond donors (Lipinski definition) is 1. The Morgan fingerprint density at radius 3 is 2.80 bits per heavy atom. The van der Waals surface area contributed by atoms with Gasteiger partial charge in [0.05, 0.1) is 12.8 Å². The molecule has 0 bridgehead atoms. The standard InChI is InChI=1S/C11H17NO3/c1-3-6-12(4-2)8-10-9(11(13)14)5-7-15-10/h5,7H,3-4,6,8H2,1-2H3,(H,13,14). The van der Waals surface area contributed by atoms with E-state index in [1.165, 1.54) is 12.3 Å². The van der Waals surface area contributed by atoms with Crippen molar-refractivity contribution in [2.75, 3.05) is 13.1 Å². The first-order chi connectivity index (χ1) is 7.19. The molecule has 1 N–H and O–H groups in total. The molecule has 1 aromatic heterocycles. The van der Waals surface area contributed by atoms with Gasteiger partial charge in [0.25, 0.3) is 0 Å². The van der Waals surface area contributed by atoms with Crippen molar-refractivity contribution in [1.29, 1.82) is 0 Å². The van der Waals surface area contributed by atoms with Crippen LogP contribution in [0.15, 0.2) is 16.7 Å². The van der Waals surface area contributed by atoms with Crippen molar-refractivity contribution in [3.05, 3.63) is 23.7 Å². The van der Waals surface area contributed by atoms with Gasteiger partial charge < -0.3 is 9.52 Å². The van der Waals surface area contributed by atoms with Crippen molar-refractivity contribution >= 4 is 5.97 Å². The molecule has 1 aromatic rings. The molecule has 0 saturated carbocycles. The normalized spacial score (nSPS) is 10.9. The number of nitrogens with zero attached hydrogens (tertiary/aromatic N) is 1. The summed E-state index contributed by atoms with van der Waals surface area (Å²) in [6.07, 6.45) is 2.48. The van der Waals surface area contributed by atoms with Gasteiger partial charge in [0, 0.05) is 0 Å². The second-order valence-corrected chi connectivity index (χ2v) is 3.43. The SMILES string of the molecule is CCCN(CC)Cc1occc1C(=O)O. The van der Waals surface area contributed by atoms with Crippen LogP contribution in [0, 0.1) is 0 Å². The molecule has 0 amide bonds. The molecular weight excluding hydrogens is 194 g/mol. The summed E-state index contributed by atoms with van der Waals surface area (Å²) in [5.41, 5.74) is 0.268. The summed E-state index contributed by atoms with van der Waals surface area (Å²) in [5.74, 6) is -0.385. The zero-order chi connectivity index (χ0) is 11.3. The number of carboxylic acid groups (broad SMARTS) is 1. The van der Waals surface area contributed by atoms with Crippen LogP contribution in [-0.4, -0.2) is 29.1 Å². The maximum absolute atomic E-state index is 10.8. The van der Waals surface area contributed by atoms with Gasteiger partial charge in [-0.15, -0.1) is 0 Å². The quantitative estimate of drug-likeness (QED) is 0.783. The van der Waals surface area contributed by atoms with Crippen LogP contribution >= 0.6 is 0 Å². The molecule has 0 unspecified atom stereocenters. The Hall–Kier alpha value is -1.29. The molecule has 0 fully saturated rings. The van der Waals surface area contributed by atoms with Crippen LogP contribution in [0.4, 0.5) is 0 Å². The van der Waals surface area contributed by atoms with E-state index in [-0.39, 0.29) is 5.56 Å². The first kappa shape index (κ1) is 11.8. The van der Waals surface area contributed by atoms with Crippen molar-refractivity contribution < 1.29 is 14.3 Å². The van der Waals surface area contributed by atoms with Crippen molar-refractivity contribution in [2.45, 2.75) is 26.8 Å². The molecule has 0 atom stereocenters. The predicted octanol–water partition coefficient (Wildman–Crippen LogP) is 2.21. The van der Waals surface area contributed by atoms with Crippen LogP contribution in [0.2, 0.25) is 0 Å². The van der Waals surface area contributed by atoms with Gasteiger partial charge in [-0.25, -0.2) is 4.79 Å². The molecule has 4 heteroatoms. The van der Waals surface area contributed by atoms with Crippen LogP contribution in [0.1, 0.15) is 36.4 Å². The molecule has 4 nitrogen and oxygen atoms in total. The summed E-state index contributed by atoms with van der Waals surface area (Å²) in [7, 11) is 0. The summed E-state index contributed by atoms with van der Waals surface area (Å²) in [5, 5.41) is 8.89. The Bertz CT molecular complexity index is 319. The summed E-state index contributed by atoms with van der Waals surface area (Å²) in [4.78, 5) is 13.0. The minimum atomic E-state index is -0.925. The molecule has 0 radical (unpaired) electrons. The molecule has 84 valence electrons. The zero-order valence-electron chi connectivity index (χ0n) is 9.19. The molecule has 0 aromatic carbocycles. The summed E-state index contributed by atoms with van der Waals surface area (Å²) in [6, 6.07) is 1.50. The second kappa shape index (κ2) is 5.56. The third-order valence-corrected chi connectivity index (χ3v) is 2.33. The number of furan rings is 1. The van der Waals surface area contributed by atoms with Crippen LogP contribution < -0.4 is 0 Å². The van der Waals surface area contributed by atoms with Gasteiger partial charge in [-0.2, -0.15) is 0 Å². The Labute approximate surface area is 89.5 Å². The molecular formula is C11H17NO3. The monoisotopic (exact) mass is 211 g/mol. The van der Waals surface area contributed by atoms with E-state index in [0.717, 1.165) is 19.5 Å². The van der Waals surface area contributed by atoms with E-state index >= 15 is 0 Å². The van der Waals surface area contributed by atoms with E-state index < -0.39 is 5.97 Å². The van der Waals surface area contributed by atoms with Crippen molar-refractivity contribution in [3.8, 4) is 0 Å². The molecule has 0 aliphatic heterocycles. The number of carbonyl (C=O) groups is 1. The van der Waals surface area contributed by atoms with E-state index in [1.807, 2.05) is 0 Å². The highest BCUT2D eigenvalue weighted by Gasteiger charge is 2.15. The lowest BCUT2D eigenvalue weighted by Gasteiger charge is -2.18. The number of rotatable bonds is 6. The molecule has 15 heavy (non-hydrogen) atoms. The average molecular weight is 211 g/mol. The highest BCUT2D eigenvalue weighted by atomic mass is 16.4. The van der Waals surface area contributed by atoms with Crippen LogP contribution in [0.5, 0.6) is 0 Å². The minimum absolute atomic E-state index is 0.268. The third kappa shape index (κ3) is 3.09. The van der Waals surface area contributed by atoms with E-state index in [1.54, 1.807) is 0 Å². The lowest BCUT2D eigenvalue weighted by Crippen LogP contribution is -2.24. The fraction of sp³-hybridized carbons (Fsp3) is 0.545. The van der Waals surface area contributed by atoms with Gasteiger partial charge in [-0.3, -0.25) is 4.90 Å². The molecule has 1 heterocycles. The Kier molecular flexibility index (Phi) is 4.37. The molecule has 0 aliphatic carbocycles. The minimum Gasteiger partial charge on any atom is -0.478 e. The van der Waals surface area contributed by atoms with E-state index in [9.17, 15) is 4.79 Å². The second-order valence-electron chi connectivity index (χ2n) is 3.43.